The lowest BCUT2D eigenvalue weighted by atomic mass is 10.1. The molecule has 18 heavy (non-hydrogen) atoms. The zero-order chi connectivity index (χ0) is 12.5. The predicted molar refractivity (Wildman–Crippen MR) is 73.9 cm³/mol. The minimum atomic E-state index is 0.0573. The number of hydrogen-bond acceptors (Lipinski definition) is 2. The van der Waals surface area contributed by atoms with Crippen molar-refractivity contribution < 1.29 is 5.11 Å². The number of aromatic nitrogens is 1. The summed E-state index contributed by atoms with van der Waals surface area (Å²) in [6.07, 6.45) is 0. The van der Waals surface area contributed by atoms with Crippen molar-refractivity contribution in [1.29, 1.82) is 0 Å². The number of halogens is 1. The van der Waals surface area contributed by atoms with E-state index in [4.69, 9.17) is 11.6 Å². The van der Waals surface area contributed by atoms with Crippen molar-refractivity contribution in [3.8, 4) is 17.0 Å². The molecule has 0 aliphatic heterocycles. The Hall–Kier alpha value is -2.06. The van der Waals surface area contributed by atoms with Gasteiger partial charge in [0.05, 0.1) is 16.2 Å². The van der Waals surface area contributed by atoms with Gasteiger partial charge in [0.1, 0.15) is 5.75 Å². The van der Waals surface area contributed by atoms with Crippen LogP contribution in [0.4, 0.5) is 0 Å². The van der Waals surface area contributed by atoms with Crippen LogP contribution >= 0.6 is 11.6 Å². The average Bonchev–Trinajstić information content (AvgIpc) is 2.41. The number of aromatic hydroxyl groups is 1. The molecule has 0 radical (unpaired) electrons. The smallest absolute Gasteiger partial charge is 0.136 e. The summed E-state index contributed by atoms with van der Waals surface area (Å²) in [4.78, 5) is 4.53. The van der Waals surface area contributed by atoms with Gasteiger partial charge in [0.2, 0.25) is 0 Å². The maximum atomic E-state index is 9.61. The largest absolute Gasteiger partial charge is 0.506 e. The van der Waals surface area contributed by atoms with Crippen LogP contribution in [0, 0.1) is 0 Å². The monoisotopic (exact) mass is 255 g/mol. The van der Waals surface area contributed by atoms with Crippen LogP contribution in [0.5, 0.6) is 5.75 Å². The number of hydrogen-bond donors (Lipinski definition) is 1. The molecule has 0 bridgehead atoms. The first-order chi connectivity index (χ1) is 8.74. The standard InChI is InChI=1S/C15H10ClNO/c16-12-8-11-6-7-13(10-4-2-1-3-5-10)17-14(11)9-15(12)18/h1-9,18H. The number of benzene rings is 2. The van der Waals surface area contributed by atoms with Gasteiger partial charge in [0, 0.05) is 17.0 Å². The third kappa shape index (κ3) is 1.91. The summed E-state index contributed by atoms with van der Waals surface area (Å²) < 4.78 is 0. The van der Waals surface area contributed by atoms with Crippen LogP contribution in [0.25, 0.3) is 22.2 Å². The van der Waals surface area contributed by atoms with E-state index in [1.165, 1.54) is 0 Å². The Labute approximate surface area is 109 Å². The van der Waals surface area contributed by atoms with E-state index in [1.54, 1.807) is 12.1 Å². The first-order valence-corrected chi connectivity index (χ1v) is 5.96. The summed E-state index contributed by atoms with van der Waals surface area (Å²) in [5.74, 6) is 0.0573. The Kier molecular flexibility index (Phi) is 2.65. The quantitative estimate of drug-likeness (QED) is 0.705. The van der Waals surface area contributed by atoms with Gasteiger partial charge in [0.25, 0.3) is 0 Å². The lowest BCUT2D eigenvalue weighted by molar-refractivity contribution is 0.476. The highest BCUT2D eigenvalue weighted by Crippen LogP contribution is 2.29. The molecule has 0 unspecified atom stereocenters. The maximum absolute atomic E-state index is 9.61. The molecule has 0 atom stereocenters. The Bertz CT molecular complexity index is 710. The van der Waals surface area contributed by atoms with E-state index in [0.29, 0.717) is 5.02 Å². The molecule has 1 aromatic heterocycles. The molecule has 3 aromatic rings. The minimum Gasteiger partial charge on any atom is -0.506 e. The number of phenols is 1. The zero-order valence-corrected chi connectivity index (χ0v) is 10.2. The third-order valence-corrected chi connectivity index (χ3v) is 3.13. The van der Waals surface area contributed by atoms with Crippen LogP contribution in [0.3, 0.4) is 0 Å². The van der Waals surface area contributed by atoms with Gasteiger partial charge in [-0.05, 0) is 12.1 Å². The molecule has 3 rings (SSSR count). The van der Waals surface area contributed by atoms with Gasteiger partial charge >= 0.3 is 0 Å². The fraction of sp³-hybridized carbons (Fsp3) is 0. The molecule has 2 nitrogen and oxygen atoms in total. The second-order valence-electron chi connectivity index (χ2n) is 4.06. The van der Waals surface area contributed by atoms with Crippen molar-refractivity contribution in [2.75, 3.05) is 0 Å². The number of pyridine rings is 1. The highest BCUT2D eigenvalue weighted by molar-refractivity contribution is 6.32. The molecule has 0 saturated heterocycles. The van der Waals surface area contributed by atoms with Crippen molar-refractivity contribution in [1.82, 2.24) is 4.98 Å². The van der Waals surface area contributed by atoms with E-state index in [9.17, 15) is 5.11 Å². The molecule has 1 N–H and O–H groups in total. The fourth-order valence-corrected chi connectivity index (χ4v) is 2.07. The third-order valence-electron chi connectivity index (χ3n) is 2.83. The van der Waals surface area contributed by atoms with Crippen molar-refractivity contribution in [2.24, 2.45) is 0 Å². The Morgan fingerprint density at radius 2 is 1.72 bits per heavy atom. The molecule has 88 valence electrons. The summed E-state index contributed by atoms with van der Waals surface area (Å²) >= 11 is 5.87. The molecular formula is C15H10ClNO. The average molecular weight is 256 g/mol. The van der Waals surface area contributed by atoms with Crippen molar-refractivity contribution in [3.05, 3.63) is 59.6 Å². The summed E-state index contributed by atoms with van der Waals surface area (Å²) in [6, 6.07) is 17.1. The van der Waals surface area contributed by atoms with Gasteiger partial charge in [-0.25, -0.2) is 4.98 Å². The molecule has 0 amide bonds. The van der Waals surface area contributed by atoms with E-state index in [2.05, 4.69) is 4.98 Å². The second-order valence-corrected chi connectivity index (χ2v) is 4.47. The van der Waals surface area contributed by atoms with Gasteiger partial charge in [-0.2, -0.15) is 0 Å². The maximum Gasteiger partial charge on any atom is 0.136 e. The van der Waals surface area contributed by atoms with Crippen LogP contribution in [-0.2, 0) is 0 Å². The van der Waals surface area contributed by atoms with Crippen molar-refractivity contribution in [3.63, 3.8) is 0 Å². The molecule has 1 heterocycles. The Morgan fingerprint density at radius 1 is 0.944 bits per heavy atom. The van der Waals surface area contributed by atoms with Gasteiger partial charge < -0.3 is 5.11 Å². The highest BCUT2D eigenvalue weighted by atomic mass is 35.5. The molecule has 0 fully saturated rings. The van der Waals surface area contributed by atoms with E-state index >= 15 is 0 Å². The molecule has 0 spiro atoms. The summed E-state index contributed by atoms with van der Waals surface area (Å²) in [5.41, 5.74) is 2.66. The molecule has 0 saturated carbocycles. The number of phenolic OH excluding ortho intramolecular Hbond substituents is 1. The fourth-order valence-electron chi connectivity index (χ4n) is 1.90. The van der Waals surface area contributed by atoms with E-state index in [0.717, 1.165) is 22.2 Å². The predicted octanol–water partition coefficient (Wildman–Crippen LogP) is 4.26. The lowest BCUT2D eigenvalue weighted by Crippen LogP contribution is -1.85. The van der Waals surface area contributed by atoms with Gasteiger partial charge in [-0.1, -0.05) is 48.0 Å². The first-order valence-electron chi connectivity index (χ1n) is 5.59. The van der Waals surface area contributed by atoms with Crippen LogP contribution in [0.1, 0.15) is 0 Å². The number of fused-ring (bicyclic) bond motifs is 1. The highest BCUT2D eigenvalue weighted by Gasteiger charge is 2.05. The SMILES string of the molecule is Oc1cc2nc(-c3ccccc3)ccc2cc1Cl. The lowest BCUT2D eigenvalue weighted by Gasteiger charge is -2.04. The Morgan fingerprint density at radius 3 is 2.50 bits per heavy atom. The minimum absolute atomic E-state index is 0.0573. The summed E-state index contributed by atoms with van der Waals surface area (Å²) in [6.45, 7) is 0. The molecule has 3 heteroatoms. The van der Waals surface area contributed by atoms with E-state index < -0.39 is 0 Å². The van der Waals surface area contributed by atoms with Crippen LogP contribution in [0.2, 0.25) is 5.02 Å². The van der Waals surface area contributed by atoms with Crippen LogP contribution in [-0.4, -0.2) is 10.1 Å². The first kappa shape index (κ1) is 11.1. The number of nitrogens with zero attached hydrogens (tertiary/aromatic N) is 1. The van der Waals surface area contributed by atoms with Gasteiger partial charge in [0.15, 0.2) is 0 Å². The van der Waals surface area contributed by atoms with Crippen LogP contribution in [0.15, 0.2) is 54.6 Å². The van der Waals surface area contributed by atoms with Gasteiger partial charge in [-0.3, -0.25) is 0 Å². The van der Waals surface area contributed by atoms with Crippen LogP contribution < -0.4 is 0 Å². The Balaban J connectivity index is 2.20. The molecule has 2 aromatic carbocycles. The zero-order valence-electron chi connectivity index (χ0n) is 9.47. The normalized spacial score (nSPS) is 10.7. The van der Waals surface area contributed by atoms with E-state index in [-0.39, 0.29) is 5.75 Å². The van der Waals surface area contributed by atoms with Crippen molar-refractivity contribution >= 4 is 22.5 Å². The van der Waals surface area contributed by atoms with Gasteiger partial charge in [-0.15, -0.1) is 0 Å². The second kappa shape index (κ2) is 4.31. The molecular weight excluding hydrogens is 246 g/mol. The van der Waals surface area contributed by atoms with Crippen molar-refractivity contribution in [2.45, 2.75) is 0 Å². The molecule has 0 aliphatic rings. The summed E-state index contributed by atoms with van der Waals surface area (Å²) in [5, 5.41) is 10.9. The van der Waals surface area contributed by atoms with E-state index in [1.807, 2.05) is 42.5 Å². The molecule has 0 aliphatic carbocycles. The summed E-state index contributed by atoms with van der Waals surface area (Å²) in [7, 11) is 0. The topological polar surface area (TPSA) is 33.1 Å². The number of rotatable bonds is 1.